The predicted molar refractivity (Wildman–Crippen MR) is 57.8 cm³/mol. The molecule has 0 saturated carbocycles. The van der Waals surface area contributed by atoms with Gasteiger partial charge in [0.25, 0.3) is 0 Å². The van der Waals surface area contributed by atoms with Crippen LogP contribution in [0.15, 0.2) is 0 Å². The van der Waals surface area contributed by atoms with Crippen LogP contribution in [-0.4, -0.2) is 31.3 Å². The minimum Gasteiger partial charge on any atom is -0.481 e. The first-order chi connectivity index (χ1) is 7.59. The number of hydrogen-bond donors (Lipinski definition) is 1. The third-order valence-corrected chi connectivity index (χ3v) is 3.18. The SMILES string of the molecule is CCc1nnnn1CC(CC)(CC)C(=O)O. The number of nitrogens with zero attached hydrogens (tertiary/aromatic N) is 4. The van der Waals surface area contributed by atoms with Gasteiger partial charge in [-0.3, -0.25) is 4.79 Å². The molecule has 0 aliphatic carbocycles. The Morgan fingerprint density at radius 3 is 2.44 bits per heavy atom. The van der Waals surface area contributed by atoms with E-state index in [1.807, 2.05) is 20.8 Å². The maximum absolute atomic E-state index is 11.3. The summed E-state index contributed by atoms with van der Waals surface area (Å²) >= 11 is 0. The Morgan fingerprint density at radius 1 is 1.38 bits per heavy atom. The first-order valence-corrected chi connectivity index (χ1v) is 5.58. The van der Waals surface area contributed by atoms with Gasteiger partial charge in [0.2, 0.25) is 0 Å². The Hall–Kier alpha value is -1.46. The van der Waals surface area contributed by atoms with E-state index in [0.717, 1.165) is 5.82 Å². The van der Waals surface area contributed by atoms with E-state index >= 15 is 0 Å². The topological polar surface area (TPSA) is 80.9 Å². The fourth-order valence-electron chi connectivity index (χ4n) is 1.73. The van der Waals surface area contributed by atoms with Crippen LogP contribution < -0.4 is 0 Å². The van der Waals surface area contributed by atoms with Crippen LogP contribution in [0, 0.1) is 5.41 Å². The van der Waals surface area contributed by atoms with E-state index in [4.69, 9.17) is 0 Å². The van der Waals surface area contributed by atoms with E-state index in [2.05, 4.69) is 15.5 Å². The summed E-state index contributed by atoms with van der Waals surface area (Å²) in [5.74, 6) is -0.0532. The lowest BCUT2D eigenvalue weighted by Crippen LogP contribution is -2.35. The second-order valence-electron chi connectivity index (χ2n) is 3.90. The monoisotopic (exact) mass is 226 g/mol. The lowest BCUT2D eigenvalue weighted by Gasteiger charge is -2.26. The molecule has 6 heteroatoms. The number of carboxylic acid groups (broad SMARTS) is 1. The fourth-order valence-corrected chi connectivity index (χ4v) is 1.73. The van der Waals surface area contributed by atoms with Gasteiger partial charge in [-0.05, 0) is 23.3 Å². The summed E-state index contributed by atoms with van der Waals surface area (Å²) in [6.45, 7) is 6.05. The number of aryl methyl sites for hydroxylation is 1. The lowest BCUT2D eigenvalue weighted by atomic mass is 9.82. The van der Waals surface area contributed by atoms with E-state index in [9.17, 15) is 9.90 Å². The highest BCUT2D eigenvalue weighted by Gasteiger charge is 2.36. The standard InChI is InChI=1S/C10H18N4O2/c1-4-8-11-12-13-14(8)7-10(5-2,6-3)9(15)16/h4-7H2,1-3H3,(H,15,16). The van der Waals surface area contributed by atoms with Crippen LogP contribution in [0.3, 0.4) is 0 Å². The van der Waals surface area contributed by atoms with Crippen LogP contribution in [0.2, 0.25) is 0 Å². The summed E-state index contributed by atoms with van der Waals surface area (Å²) in [6, 6.07) is 0. The quantitative estimate of drug-likeness (QED) is 0.786. The Morgan fingerprint density at radius 2 is 2.00 bits per heavy atom. The molecule has 6 nitrogen and oxygen atoms in total. The number of aliphatic carboxylic acids is 1. The largest absolute Gasteiger partial charge is 0.481 e. The molecule has 1 aromatic rings. The van der Waals surface area contributed by atoms with Gasteiger partial charge >= 0.3 is 5.97 Å². The smallest absolute Gasteiger partial charge is 0.311 e. The zero-order valence-electron chi connectivity index (χ0n) is 9.97. The summed E-state index contributed by atoms with van der Waals surface area (Å²) < 4.78 is 1.60. The van der Waals surface area contributed by atoms with Crippen molar-refractivity contribution in [3.05, 3.63) is 5.82 Å². The van der Waals surface area contributed by atoms with E-state index in [-0.39, 0.29) is 0 Å². The summed E-state index contributed by atoms with van der Waals surface area (Å²) in [5, 5.41) is 20.6. The van der Waals surface area contributed by atoms with Crippen LogP contribution in [0.1, 0.15) is 39.4 Å². The summed E-state index contributed by atoms with van der Waals surface area (Å²) in [5.41, 5.74) is -0.765. The van der Waals surface area contributed by atoms with Crippen LogP contribution in [0.4, 0.5) is 0 Å². The average Bonchev–Trinajstić information content (AvgIpc) is 2.72. The Labute approximate surface area is 94.7 Å². The van der Waals surface area contributed by atoms with Gasteiger partial charge < -0.3 is 5.11 Å². The van der Waals surface area contributed by atoms with Gasteiger partial charge in [-0.1, -0.05) is 20.8 Å². The van der Waals surface area contributed by atoms with Crippen LogP contribution in [-0.2, 0) is 17.8 Å². The molecule has 0 aliphatic heterocycles. The van der Waals surface area contributed by atoms with Crippen LogP contribution in [0.5, 0.6) is 0 Å². The Bertz CT molecular complexity index is 357. The van der Waals surface area contributed by atoms with Crippen molar-refractivity contribution in [1.29, 1.82) is 0 Å². The maximum Gasteiger partial charge on any atom is 0.311 e. The first kappa shape index (κ1) is 12.6. The zero-order valence-corrected chi connectivity index (χ0v) is 9.97. The molecular weight excluding hydrogens is 208 g/mol. The van der Waals surface area contributed by atoms with Crippen molar-refractivity contribution < 1.29 is 9.90 Å². The van der Waals surface area contributed by atoms with E-state index in [1.165, 1.54) is 0 Å². The minimum absolute atomic E-state index is 0.339. The van der Waals surface area contributed by atoms with Crippen molar-refractivity contribution in [1.82, 2.24) is 20.2 Å². The van der Waals surface area contributed by atoms with Gasteiger partial charge in [0.05, 0.1) is 12.0 Å². The van der Waals surface area contributed by atoms with Gasteiger partial charge in [-0.15, -0.1) is 5.10 Å². The van der Waals surface area contributed by atoms with Crippen molar-refractivity contribution >= 4 is 5.97 Å². The number of tetrazole rings is 1. The molecule has 1 N–H and O–H groups in total. The second-order valence-corrected chi connectivity index (χ2v) is 3.90. The first-order valence-electron chi connectivity index (χ1n) is 5.58. The van der Waals surface area contributed by atoms with Crippen LogP contribution in [0.25, 0.3) is 0 Å². The zero-order chi connectivity index (χ0) is 12.2. The highest BCUT2D eigenvalue weighted by molar-refractivity contribution is 5.74. The molecule has 0 radical (unpaired) electrons. The Kier molecular flexibility index (Phi) is 3.98. The summed E-state index contributed by atoms with van der Waals surface area (Å²) in [7, 11) is 0. The molecule has 1 rings (SSSR count). The highest BCUT2D eigenvalue weighted by Crippen LogP contribution is 2.28. The molecular formula is C10H18N4O2. The second kappa shape index (κ2) is 5.05. The molecule has 1 aromatic heterocycles. The predicted octanol–water partition coefficient (Wildman–Crippen LogP) is 1.13. The summed E-state index contributed by atoms with van der Waals surface area (Å²) in [4.78, 5) is 11.3. The van der Waals surface area contributed by atoms with Crippen molar-refractivity contribution in [2.45, 2.75) is 46.6 Å². The summed E-state index contributed by atoms with van der Waals surface area (Å²) in [6.07, 6.45) is 1.85. The van der Waals surface area contributed by atoms with Crippen molar-refractivity contribution in [3.8, 4) is 0 Å². The minimum atomic E-state index is -0.782. The van der Waals surface area contributed by atoms with Gasteiger partial charge in [-0.2, -0.15) is 0 Å². The van der Waals surface area contributed by atoms with E-state index < -0.39 is 11.4 Å². The van der Waals surface area contributed by atoms with Crippen molar-refractivity contribution in [2.75, 3.05) is 0 Å². The van der Waals surface area contributed by atoms with E-state index in [0.29, 0.717) is 25.8 Å². The fraction of sp³-hybridized carbons (Fsp3) is 0.800. The molecule has 0 saturated heterocycles. The van der Waals surface area contributed by atoms with Gasteiger partial charge in [0, 0.05) is 6.42 Å². The number of carboxylic acids is 1. The number of rotatable bonds is 6. The van der Waals surface area contributed by atoms with Crippen LogP contribution >= 0.6 is 0 Å². The third kappa shape index (κ3) is 2.20. The molecule has 0 amide bonds. The third-order valence-electron chi connectivity index (χ3n) is 3.18. The lowest BCUT2D eigenvalue weighted by molar-refractivity contribution is -0.150. The molecule has 0 unspecified atom stereocenters. The number of aromatic nitrogens is 4. The number of hydrogen-bond acceptors (Lipinski definition) is 4. The normalized spacial score (nSPS) is 11.7. The molecule has 0 aromatic carbocycles. The van der Waals surface area contributed by atoms with E-state index in [1.54, 1.807) is 4.68 Å². The Balaban J connectivity index is 2.96. The molecule has 90 valence electrons. The molecule has 0 atom stereocenters. The van der Waals surface area contributed by atoms with Crippen molar-refractivity contribution in [3.63, 3.8) is 0 Å². The van der Waals surface area contributed by atoms with Gasteiger partial charge in [0.15, 0.2) is 5.82 Å². The molecule has 0 fully saturated rings. The molecule has 1 heterocycles. The molecule has 0 bridgehead atoms. The highest BCUT2D eigenvalue weighted by atomic mass is 16.4. The van der Waals surface area contributed by atoms with Gasteiger partial charge in [0.1, 0.15) is 0 Å². The van der Waals surface area contributed by atoms with Crippen molar-refractivity contribution in [2.24, 2.45) is 5.41 Å². The average molecular weight is 226 g/mol. The molecule has 0 aliphatic rings. The molecule has 16 heavy (non-hydrogen) atoms. The molecule has 0 spiro atoms. The number of carbonyl (C=O) groups is 1. The van der Waals surface area contributed by atoms with Gasteiger partial charge in [-0.25, -0.2) is 4.68 Å². The maximum atomic E-state index is 11.3.